The van der Waals surface area contributed by atoms with Crippen molar-refractivity contribution in [3.05, 3.63) is 16.6 Å². The van der Waals surface area contributed by atoms with E-state index >= 15 is 0 Å². The number of aliphatic hydroxyl groups excluding tert-OH is 1. The Labute approximate surface area is 118 Å². The summed E-state index contributed by atoms with van der Waals surface area (Å²) in [5.74, 6) is -0.401. The number of H-pyrrole nitrogens is 1. The predicted molar refractivity (Wildman–Crippen MR) is 72.6 cm³/mol. The molecule has 0 unspecified atom stereocenters. The molecule has 2 aromatic rings. The van der Waals surface area contributed by atoms with E-state index in [0.717, 1.165) is 11.8 Å². The average Bonchev–Trinajstić information content (AvgIpc) is 2.82. The third-order valence-electron chi connectivity index (χ3n) is 2.62. The summed E-state index contributed by atoms with van der Waals surface area (Å²) in [6.45, 7) is 1.80. The van der Waals surface area contributed by atoms with E-state index in [9.17, 15) is 9.59 Å². The number of aromatic nitrogens is 4. The molecule has 8 nitrogen and oxygen atoms in total. The second kappa shape index (κ2) is 6.06. The molecule has 20 heavy (non-hydrogen) atoms. The molecule has 0 amide bonds. The minimum absolute atomic E-state index is 0.105. The molecule has 0 bridgehead atoms. The van der Waals surface area contributed by atoms with Gasteiger partial charge in [0.25, 0.3) is 5.56 Å². The molecule has 2 heterocycles. The lowest BCUT2D eigenvalue weighted by molar-refractivity contribution is -0.139. The first-order valence-corrected chi connectivity index (χ1v) is 6.76. The molecule has 1 atom stereocenters. The van der Waals surface area contributed by atoms with Crippen molar-refractivity contribution >= 4 is 28.8 Å². The Bertz CT molecular complexity index is 681. The van der Waals surface area contributed by atoms with E-state index in [0.29, 0.717) is 16.2 Å². The largest absolute Gasteiger partial charge is 0.468 e. The molecule has 0 aliphatic rings. The topological polar surface area (TPSA) is 110 Å². The van der Waals surface area contributed by atoms with Gasteiger partial charge in [-0.15, -0.1) is 0 Å². The molecule has 0 aliphatic carbocycles. The van der Waals surface area contributed by atoms with Gasteiger partial charge in [0.1, 0.15) is 10.6 Å². The van der Waals surface area contributed by atoms with E-state index in [2.05, 4.69) is 19.8 Å². The standard InChI is InChI=1S/C11H14N4O4S/c1-6(10(18)19-2)20-11-13-8-7(9(17)14-11)5-12-15(8)3-4-16/h5-6,16H,3-4H2,1-2H3,(H,13,14,17)/t6-/m0/s1. The van der Waals surface area contributed by atoms with Crippen LogP contribution in [0, 0.1) is 0 Å². The van der Waals surface area contributed by atoms with Crippen LogP contribution in [0.3, 0.4) is 0 Å². The van der Waals surface area contributed by atoms with E-state index in [1.165, 1.54) is 18.0 Å². The van der Waals surface area contributed by atoms with E-state index < -0.39 is 11.2 Å². The van der Waals surface area contributed by atoms with Gasteiger partial charge in [0.05, 0.1) is 26.5 Å². The molecular weight excluding hydrogens is 284 g/mol. The lowest BCUT2D eigenvalue weighted by Gasteiger charge is -2.08. The van der Waals surface area contributed by atoms with Crippen LogP contribution < -0.4 is 5.56 Å². The summed E-state index contributed by atoms with van der Waals surface area (Å²) in [6, 6.07) is 0. The zero-order valence-electron chi connectivity index (χ0n) is 11.0. The molecule has 0 spiro atoms. The minimum atomic E-state index is -0.491. The highest BCUT2D eigenvalue weighted by Crippen LogP contribution is 2.20. The number of methoxy groups -OCH3 is 1. The number of rotatable bonds is 5. The molecule has 2 rings (SSSR count). The Hall–Kier alpha value is -1.87. The molecule has 0 radical (unpaired) electrons. The van der Waals surface area contributed by atoms with Crippen molar-refractivity contribution in [2.75, 3.05) is 13.7 Å². The summed E-state index contributed by atoms with van der Waals surface area (Å²) in [5.41, 5.74) is 0.0427. The molecule has 2 aromatic heterocycles. The fraction of sp³-hybridized carbons (Fsp3) is 0.455. The maximum absolute atomic E-state index is 11.9. The molecule has 0 saturated carbocycles. The van der Waals surface area contributed by atoms with Gasteiger partial charge in [-0.2, -0.15) is 5.10 Å². The van der Waals surface area contributed by atoms with Crippen LogP contribution in [-0.4, -0.2) is 49.8 Å². The third kappa shape index (κ3) is 2.83. The van der Waals surface area contributed by atoms with Gasteiger partial charge in [-0.25, -0.2) is 9.67 Å². The van der Waals surface area contributed by atoms with E-state index in [-0.39, 0.29) is 18.7 Å². The van der Waals surface area contributed by atoms with Crippen molar-refractivity contribution in [2.45, 2.75) is 23.9 Å². The number of thioether (sulfide) groups is 1. The lowest BCUT2D eigenvalue weighted by Crippen LogP contribution is -2.17. The van der Waals surface area contributed by atoms with Crippen molar-refractivity contribution in [2.24, 2.45) is 0 Å². The fourth-order valence-corrected chi connectivity index (χ4v) is 2.46. The zero-order chi connectivity index (χ0) is 14.7. The van der Waals surface area contributed by atoms with Gasteiger partial charge >= 0.3 is 5.97 Å². The van der Waals surface area contributed by atoms with Gasteiger partial charge in [-0.1, -0.05) is 11.8 Å². The number of nitrogens with zero attached hydrogens (tertiary/aromatic N) is 3. The molecule has 9 heteroatoms. The second-order valence-corrected chi connectivity index (χ2v) is 5.31. The first kappa shape index (κ1) is 14.5. The van der Waals surface area contributed by atoms with E-state index in [1.807, 2.05) is 0 Å². The SMILES string of the molecule is COC(=O)[C@H](C)Sc1nc2c(cnn2CCO)c(=O)[nH]1. The van der Waals surface area contributed by atoms with Crippen LogP contribution in [0.15, 0.2) is 16.1 Å². The first-order valence-electron chi connectivity index (χ1n) is 5.88. The predicted octanol–water partition coefficient (Wildman–Crippen LogP) is -0.235. The van der Waals surface area contributed by atoms with Crippen molar-refractivity contribution in [3.8, 4) is 0 Å². The lowest BCUT2D eigenvalue weighted by atomic mass is 10.4. The van der Waals surface area contributed by atoms with Gasteiger partial charge in [0.15, 0.2) is 10.8 Å². The number of aromatic amines is 1. The summed E-state index contributed by atoms with van der Waals surface area (Å²) in [5, 5.41) is 13.1. The Morgan fingerprint density at radius 1 is 1.65 bits per heavy atom. The van der Waals surface area contributed by atoms with E-state index in [1.54, 1.807) is 6.92 Å². The number of esters is 1. The highest BCUT2D eigenvalue weighted by molar-refractivity contribution is 8.00. The quantitative estimate of drug-likeness (QED) is 0.445. The zero-order valence-corrected chi connectivity index (χ0v) is 11.8. The maximum atomic E-state index is 11.9. The van der Waals surface area contributed by atoms with Gasteiger partial charge in [0, 0.05) is 0 Å². The Kier molecular flexibility index (Phi) is 4.40. The number of fused-ring (bicyclic) bond motifs is 1. The maximum Gasteiger partial charge on any atom is 0.318 e. The second-order valence-electron chi connectivity index (χ2n) is 3.98. The molecule has 0 aromatic carbocycles. The van der Waals surface area contributed by atoms with Crippen molar-refractivity contribution in [1.82, 2.24) is 19.7 Å². The van der Waals surface area contributed by atoms with Crippen molar-refractivity contribution in [1.29, 1.82) is 0 Å². The van der Waals surface area contributed by atoms with Crippen LogP contribution in [0.1, 0.15) is 6.92 Å². The number of hydrogen-bond donors (Lipinski definition) is 2. The third-order valence-corrected chi connectivity index (χ3v) is 3.58. The van der Waals surface area contributed by atoms with Crippen LogP contribution in [0.5, 0.6) is 0 Å². The van der Waals surface area contributed by atoms with Crippen molar-refractivity contribution < 1.29 is 14.6 Å². The van der Waals surface area contributed by atoms with Gasteiger partial charge in [-0.05, 0) is 6.92 Å². The molecule has 108 valence electrons. The normalized spacial score (nSPS) is 12.6. The van der Waals surface area contributed by atoms with Crippen LogP contribution in [0.2, 0.25) is 0 Å². The summed E-state index contributed by atoms with van der Waals surface area (Å²) in [7, 11) is 1.30. The van der Waals surface area contributed by atoms with Crippen LogP contribution >= 0.6 is 11.8 Å². The number of hydrogen-bond acceptors (Lipinski definition) is 7. The first-order chi connectivity index (χ1) is 9.56. The molecule has 0 fully saturated rings. The molecular formula is C11H14N4O4S. The number of carbonyl (C=O) groups excluding carboxylic acids is 1. The number of ether oxygens (including phenoxy) is 1. The minimum Gasteiger partial charge on any atom is -0.468 e. The smallest absolute Gasteiger partial charge is 0.318 e. The summed E-state index contributed by atoms with van der Waals surface area (Å²) < 4.78 is 6.06. The Morgan fingerprint density at radius 3 is 3.05 bits per heavy atom. The van der Waals surface area contributed by atoms with Gasteiger partial charge in [-0.3, -0.25) is 9.59 Å². The molecule has 2 N–H and O–H groups in total. The molecule has 0 saturated heterocycles. The average molecular weight is 298 g/mol. The van der Waals surface area contributed by atoms with Crippen molar-refractivity contribution in [3.63, 3.8) is 0 Å². The molecule has 0 aliphatic heterocycles. The highest BCUT2D eigenvalue weighted by atomic mass is 32.2. The fourth-order valence-electron chi connectivity index (χ4n) is 1.64. The summed E-state index contributed by atoms with van der Waals surface area (Å²) >= 11 is 1.09. The summed E-state index contributed by atoms with van der Waals surface area (Å²) in [6.07, 6.45) is 1.40. The number of nitrogens with one attached hydrogen (secondary N) is 1. The van der Waals surface area contributed by atoms with Crippen LogP contribution in [0.4, 0.5) is 0 Å². The van der Waals surface area contributed by atoms with Crippen LogP contribution in [0.25, 0.3) is 11.0 Å². The van der Waals surface area contributed by atoms with E-state index in [4.69, 9.17) is 5.11 Å². The van der Waals surface area contributed by atoms with Crippen LogP contribution in [-0.2, 0) is 16.1 Å². The summed E-state index contributed by atoms with van der Waals surface area (Å²) in [4.78, 5) is 30.1. The number of carbonyl (C=O) groups is 1. The Morgan fingerprint density at radius 2 is 2.40 bits per heavy atom. The highest BCUT2D eigenvalue weighted by Gasteiger charge is 2.17. The van der Waals surface area contributed by atoms with Gasteiger partial charge in [0.2, 0.25) is 0 Å². The monoisotopic (exact) mass is 298 g/mol. The Balaban J connectivity index is 2.37. The van der Waals surface area contributed by atoms with Gasteiger partial charge < -0.3 is 14.8 Å². The number of aliphatic hydroxyl groups is 1.